The Morgan fingerprint density at radius 2 is 1.71 bits per heavy atom. The molecule has 3 aromatic rings. The summed E-state index contributed by atoms with van der Waals surface area (Å²) in [6.45, 7) is 5.67. The minimum Gasteiger partial charge on any atom is -0.356 e. The van der Waals surface area contributed by atoms with E-state index in [1.807, 2.05) is 61.0 Å². The summed E-state index contributed by atoms with van der Waals surface area (Å²) in [6.07, 6.45) is 0.371. The first-order valence-electron chi connectivity index (χ1n) is 10.4. The van der Waals surface area contributed by atoms with Gasteiger partial charge in [-0.3, -0.25) is 9.79 Å². The highest BCUT2D eigenvalue weighted by Crippen LogP contribution is 2.16. The lowest BCUT2D eigenvalue weighted by Gasteiger charge is -2.15. The number of hydrogen-bond acceptors (Lipinski definition) is 3. The summed E-state index contributed by atoms with van der Waals surface area (Å²) in [4.78, 5) is 16.3. The van der Waals surface area contributed by atoms with E-state index in [4.69, 9.17) is 0 Å². The second kappa shape index (κ2) is 11.0. The maximum Gasteiger partial charge on any atom is 0.222 e. The molecule has 1 heterocycles. The molecular weight excluding hydrogens is 388 g/mol. The van der Waals surface area contributed by atoms with Gasteiger partial charge in [-0.2, -0.15) is 5.10 Å². The zero-order valence-electron chi connectivity index (χ0n) is 18.4. The van der Waals surface area contributed by atoms with Crippen molar-refractivity contribution in [3.05, 3.63) is 83.2 Å². The third kappa shape index (κ3) is 6.44. The van der Waals surface area contributed by atoms with Crippen molar-refractivity contribution in [2.75, 3.05) is 13.6 Å². The number of rotatable bonds is 8. The molecule has 3 rings (SSSR count). The van der Waals surface area contributed by atoms with Gasteiger partial charge in [0.1, 0.15) is 0 Å². The predicted molar refractivity (Wildman–Crippen MR) is 124 cm³/mol. The molecule has 7 heteroatoms. The summed E-state index contributed by atoms with van der Waals surface area (Å²) in [5, 5.41) is 14.0. The van der Waals surface area contributed by atoms with Crippen LogP contribution in [0.4, 0.5) is 0 Å². The molecule has 7 nitrogen and oxygen atoms in total. The van der Waals surface area contributed by atoms with E-state index < -0.39 is 0 Å². The van der Waals surface area contributed by atoms with Gasteiger partial charge >= 0.3 is 0 Å². The largest absolute Gasteiger partial charge is 0.356 e. The van der Waals surface area contributed by atoms with Gasteiger partial charge in [0, 0.05) is 38.8 Å². The first-order chi connectivity index (χ1) is 15.1. The van der Waals surface area contributed by atoms with Crippen LogP contribution in [0.15, 0.2) is 65.7 Å². The molecule has 0 bridgehead atoms. The predicted octanol–water partition coefficient (Wildman–Crippen LogP) is 2.86. The van der Waals surface area contributed by atoms with Crippen molar-refractivity contribution in [1.29, 1.82) is 0 Å². The number of carbonyl (C=O) groups is 1. The van der Waals surface area contributed by atoms with E-state index in [2.05, 4.69) is 44.2 Å². The number of nitrogens with one attached hydrogen (secondary N) is 3. The fraction of sp³-hybridized carbons (Fsp3) is 0.292. The van der Waals surface area contributed by atoms with E-state index in [9.17, 15) is 4.79 Å². The van der Waals surface area contributed by atoms with Crippen molar-refractivity contribution in [2.24, 2.45) is 4.99 Å². The van der Waals surface area contributed by atoms with Crippen molar-refractivity contribution < 1.29 is 4.79 Å². The maximum absolute atomic E-state index is 12.1. The molecule has 0 aliphatic carbocycles. The number of aromatic nitrogens is 2. The van der Waals surface area contributed by atoms with E-state index in [1.54, 1.807) is 7.05 Å². The summed E-state index contributed by atoms with van der Waals surface area (Å²) in [5.74, 6) is 0.653. The van der Waals surface area contributed by atoms with Gasteiger partial charge < -0.3 is 16.0 Å². The Kier molecular flexibility index (Phi) is 7.81. The van der Waals surface area contributed by atoms with Crippen molar-refractivity contribution in [3.63, 3.8) is 0 Å². The normalized spacial score (nSPS) is 11.3. The lowest BCUT2D eigenvalue weighted by molar-refractivity contribution is -0.121. The molecule has 1 amide bonds. The smallest absolute Gasteiger partial charge is 0.222 e. The quantitative estimate of drug-likeness (QED) is 0.388. The molecule has 0 saturated carbocycles. The van der Waals surface area contributed by atoms with Crippen LogP contribution in [0.3, 0.4) is 0 Å². The van der Waals surface area contributed by atoms with Crippen LogP contribution >= 0.6 is 0 Å². The molecule has 31 heavy (non-hydrogen) atoms. The molecule has 1 aromatic heterocycles. The zero-order valence-corrected chi connectivity index (χ0v) is 18.4. The Morgan fingerprint density at radius 1 is 0.968 bits per heavy atom. The number of aliphatic imine (C=N–C) groups is 1. The highest BCUT2D eigenvalue weighted by atomic mass is 16.1. The highest BCUT2D eigenvalue weighted by Gasteiger charge is 2.09. The minimum atomic E-state index is 0.00155. The number of para-hydroxylation sites is 1. The summed E-state index contributed by atoms with van der Waals surface area (Å²) in [5.41, 5.74) is 5.31. The van der Waals surface area contributed by atoms with Crippen LogP contribution in [0.2, 0.25) is 0 Å². The fourth-order valence-electron chi connectivity index (χ4n) is 3.32. The van der Waals surface area contributed by atoms with Gasteiger partial charge in [0.05, 0.1) is 11.4 Å². The van der Waals surface area contributed by atoms with Crippen LogP contribution in [0.1, 0.15) is 28.9 Å². The van der Waals surface area contributed by atoms with Crippen LogP contribution in [0.5, 0.6) is 0 Å². The molecular formula is C24H30N6O. The average molecular weight is 419 g/mol. The average Bonchev–Trinajstić information content (AvgIpc) is 3.13. The molecule has 0 saturated heterocycles. The van der Waals surface area contributed by atoms with Crippen LogP contribution in [-0.2, 0) is 17.9 Å². The van der Waals surface area contributed by atoms with Crippen molar-refractivity contribution >= 4 is 11.9 Å². The van der Waals surface area contributed by atoms with Gasteiger partial charge in [0.15, 0.2) is 5.96 Å². The molecule has 0 fully saturated rings. The van der Waals surface area contributed by atoms with E-state index in [-0.39, 0.29) is 5.91 Å². The Morgan fingerprint density at radius 3 is 2.42 bits per heavy atom. The fourth-order valence-corrected chi connectivity index (χ4v) is 3.32. The van der Waals surface area contributed by atoms with Crippen molar-refractivity contribution in [2.45, 2.75) is 33.4 Å². The molecule has 0 atom stereocenters. The first-order valence-corrected chi connectivity index (χ1v) is 10.4. The second-order valence-corrected chi connectivity index (χ2v) is 7.33. The third-order valence-electron chi connectivity index (χ3n) is 4.88. The standard InChI is InChI=1S/C24H30N6O/c1-18-15-19(2)30(29-18)22-12-8-7-11-21(22)17-28-24(25-3)26-14-13-23(31)27-16-20-9-5-4-6-10-20/h4-12,15H,13-14,16-17H2,1-3H3,(H,27,31)(H2,25,26,28). The molecule has 0 unspecified atom stereocenters. The van der Waals surface area contributed by atoms with Crippen LogP contribution < -0.4 is 16.0 Å². The van der Waals surface area contributed by atoms with Crippen molar-refractivity contribution in [1.82, 2.24) is 25.7 Å². The molecule has 3 N–H and O–H groups in total. The third-order valence-corrected chi connectivity index (χ3v) is 4.88. The Bertz CT molecular complexity index is 1030. The van der Waals surface area contributed by atoms with E-state index in [1.165, 1.54) is 0 Å². The number of guanidine groups is 1. The second-order valence-electron chi connectivity index (χ2n) is 7.33. The molecule has 2 aromatic carbocycles. The number of hydrogen-bond donors (Lipinski definition) is 3. The van der Waals surface area contributed by atoms with E-state index in [0.29, 0.717) is 32.0 Å². The molecule has 0 spiro atoms. The molecule has 0 radical (unpaired) electrons. The molecule has 162 valence electrons. The monoisotopic (exact) mass is 418 g/mol. The minimum absolute atomic E-state index is 0.00155. The van der Waals surface area contributed by atoms with Crippen LogP contribution in [0, 0.1) is 13.8 Å². The van der Waals surface area contributed by atoms with Gasteiger partial charge in [0.25, 0.3) is 0 Å². The van der Waals surface area contributed by atoms with Gasteiger partial charge in [-0.25, -0.2) is 4.68 Å². The zero-order chi connectivity index (χ0) is 22.1. The summed E-state index contributed by atoms with van der Waals surface area (Å²) < 4.78 is 1.96. The van der Waals surface area contributed by atoms with E-state index in [0.717, 1.165) is 28.2 Å². The number of nitrogens with zero attached hydrogens (tertiary/aromatic N) is 3. The topological polar surface area (TPSA) is 83.3 Å². The SMILES string of the molecule is CN=C(NCCC(=O)NCc1ccccc1)NCc1ccccc1-n1nc(C)cc1C. The van der Waals surface area contributed by atoms with Gasteiger partial charge in [-0.15, -0.1) is 0 Å². The van der Waals surface area contributed by atoms with E-state index >= 15 is 0 Å². The summed E-state index contributed by atoms with van der Waals surface area (Å²) in [6, 6.07) is 20.1. The Labute approximate surface area is 183 Å². The number of carbonyl (C=O) groups excluding carboxylic acids is 1. The van der Waals surface area contributed by atoms with Crippen molar-refractivity contribution in [3.8, 4) is 5.69 Å². The Hall–Kier alpha value is -3.61. The number of aryl methyl sites for hydroxylation is 2. The van der Waals surface area contributed by atoms with Crippen LogP contribution in [0.25, 0.3) is 5.69 Å². The maximum atomic E-state index is 12.1. The Balaban J connectivity index is 1.48. The number of benzene rings is 2. The summed E-state index contributed by atoms with van der Waals surface area (Å²) in [7, 11) is 1.72. The van der Waals surface area contributed by atoms with Gasteiger partial charge in [0.2, 0.25) is 5.91 Å². The van der Waals surface area contributed by atoms with Crippen LogP contribution in [-0.4, -0.2) is 35.2 Å². The van der Waals surface area contributed by atoms with Gasteiger partial charge in [-0.1, -0.05) is 48.5 Å². The summed E-state index contributed by atoms with van der Waals surface area (Å²) >= 11 is 0. The molecule has 0 aliphatic heterocycles. The van der Waals surface area contributed by atoms with Gasteiger partial charge in [-0.05, 0) is 37.1 Å². The number of amides is 1. The lowest BCUT2D eigenvalue weighted by Crippen LogP contribution is -2.39. The highest BCUT2D eigenvalue weighted by molar-refractivity contribution is 5.81. The molecule has 0 aliphatic rings. The first kappa shape index (κ1) is 22.1. The lowest BCUT2D eigenvalue weighted by atomic mass is 10.1.